The number of thioether (sulfide) groups is 1. The zero-order valence-corrected chi connectivity index (χ0v) is 21.4. The fourth-order valence-electron chi connectivity index (χ4n) is 3.69. The van der Waals surface area contributed by atoms with Gasteiger partial charge in [-0.1, -0.05) is 42.1 Å². The molecule has 2 amide bonds. The average molecular weight is 518 g/mol. The van der Waals surface area contributed by atoms with Gasteiger partial charge in [-0.3, -0.25) is 14.5 Å². The number of methoxy groups -OCH3 is 1. The number of hydrogen-bond donors (Lipinski definition) is 1. The number of nitrogens with zero attached hydrogens (tertiary/aromatic N) is 2. The lowest BCUT2D eigenvalue weighted by atomic mass is 10.2. The first-order valence-electron chi connectivity index (χ1n) is 11.8. The van der Waals surface area contributed by atoms with Gasteiger partial charge in [0.05, 0.1) is 31.5 Å². The maximum Gasteiger partial charge on any atom is 0.338 e. The molecule has 1 aliphatic heterocycles. The fourth-order valence-corrected chi connectivity index (χ4v) is 4.85. The molecular weight excluding hydrogens is 490 g/mol. The highest BCUT2D eigenvalue weighted by molar-refractivity contribution is 8.15. The second-order valence-corrected chi connectivity index (χ2v) is 9.33. The van der Waals surface area contributed by atoms with Crippen LogP contribution in [0, 0.1) is 0 Å². The minimum atomic E-state index is -0.612. The highest BCUT2D eigenvalue weighted by atomic mass is 32.2. The summed E-state index contributed by atoms with van der Waals surface area (Å²) < 4.78 is 10.2. The predicted molar refractivity (Wildman–Crippen MR) is 144 cm³/mol. The quantitative estimate of drug-likeness (QED) is 0.400. The van der Waals surface area contributed by atoms with E-state index in [0.29, 0.717) is 41.0 Å². The van der Waals surface area contributed by atoms with Crippen molar-refractivity contribution in [2.75, 3.05) is 19.0 Å². The molecule has 1 aliphatic rings. The van der Waals surface area contributed by atoms with Gasteiger partial charge < -0.3 is 14.8 Å². The molecule has 0 spiro atoms. The molecule has 8 nitrogen and oxygen atoms in total. The zero-order chi connectivity index (χ0) is 26.2. The van der Waals surface area contributed by atoms with Crippen molar-refractivity contribution >= 4 is 46.1 Å². The standard InChI is InChI=1S/C28H27N3O5S/c1-3-36-27(34)20-9-11-22(12-10-20)30-28-31(18-19-7-5-4-6-8-19)26(33)24(37-28)17-25(32)29-21-13-15-23(35-2)16-14-21/h4-16,24H,3,17-18H2,1-2H3,(H,29,32)/t24-/m0/s1. The van der Waals surface area contributed by atoms with Gasteiger partial charge in [-0.25, -0.2) is 9.79 Å². The number of hydrogen-bond acceptors (Lipinski definition) is 7. The maximum absolute atomic E-state index is 13.4. The van der Waals surface area contributed by atoms with E-state index in [1.807, 2.05) is 30.3 Å². The molecule has 1 N–H and O–H groups in total. The largest absolute Gasteiger partial charge is 0.497 e. The number of benzene rings is 3. The fraction of sp³-hybridized carbons (Fsp3) is 0.214. The monoisotopic (exact) mass is 517 g/mol. The van der Waals surface area contributed by atoms with Crippen LogP contribution in [0.1, 0.15) is 29.3 Å². The Bertz CT molecular complexity index is 1280. The minimum Gasteiger partial charge on any atom is -0.497 e. The van der Waals surface area contributed by atoms with E-state index in [2.05, 4.69) is 10.3 Å². The van der Waals surface area contributed by atoms with Crippen LogP contribution < -0.4 is 10.1 Å². The van der Waals surface area contributed by atoms with Gasteiger partial charge in [-0.15, -0.1) is 0 Å². The molecule has 190 valence electrons. The molecule has 37 heavy (non-hydrogen) atoms. The van der Waals surface area contributed by atoms with Gasteiger partial charge in [0, 0.05) is 12.1 Å². The highest BCUT2D eigenvalue weighted by Crippen LogP contribution is 2.33. The van der Waals surface area contributed by atoms with Crippen molar-refractivity contribution in [2.24, 2.45) is 4.99 Å². The topological polar surface area (TPSA) is 97.3 Å². The third-order valence-corrected chi connectivity index (χ3v) is 6.73. The molecule has 0 bridgehead atoms. The molecule has 0 saturated carbocycles. The zero-order valence-electron chi connectivity index (χ0n) is 20.5. The van der Waals surface area contributed by atoms with Gasteiger partial charge in [-0.05, 0) is 61.0 Å². The summed E-state index contributed by atoms with van der Waals surface area (Å²) in [4.78, 5) is 44.3. The summed E-state index contributed by atoms with van der Waals surface area (Å²) in [5, 5.41) is 2.72. The van der Waals surface area contributed by atoms with Crippen molar-refractivity contribution < 1.29 is 23.9 Å². The lowest BCUT2D eigenvalue weighted by Crippen LogP contribution is -2.33. The molecule has 0 unspecified atom stereocenters. The number of carbonyl (C=O) groups is 3. The number of nitrogens with one attached hydrogen (secondary N) is 1. The van der Waals surface area contributed by atoms with Gasteiger partial charge in [0.15, 0.2) is 5.17 Å². The molecule has 1 atom stereocenters. The van der Waals surface area contributed by atoms with Crippen LogP contribution in [-0.4, -0.2) is 46.8 Å². The third-order valence-electron chi connectivity index (χ3n) is 5.55. The molecule has 0 aromatic heterocycles. The summed E-state index contributed by atoms with van der Waals surface area (Å²) in [6.07, 6.45) is 0.00162. The summed E-state index contributed by atoms with van der Waals surface area (Å²) >= 11 is 1.26. The SMILES string of the molecule is CCOC(=O)c1ccc(N=C2S[C@@H](CC(=O)Nc3ccc(OC)cc3)C(=O)N2Cc2ccccc2)cc1. The Morgan fingerprint density at radius 3 is 2.35 bits per heavy atom. The summed E-state index contributed by atoms with van der Waals surface area (Å²) in [7, 11) is 1.58. The molecule has 3 aromatic rings. The van der Waals surface area contributed by atoms with Gasteiger partial charge in [-0.2, -0.15) is 0 Å². The summed E-state index contributed by atoms with van der Waals surface area (Å²) in [6.45, 7) is 2.38. The van der Waals surface area contributed by atoms with E-state index in [9.17, 15) is 14.4 Å². The number of rotatable bonds is 9. The molecule has 1 heterocycles. The first kappa shape index (κ1) is 26.0. The Balaban J connectivity index is 1.51. The Kier molecular flexibility index (Phi) is 8.58. The molecule has 3 aromatic carbocycles. The smallest absolute Gasteiger partial charge is 0.338 e. The summed E-state index contributed by atoms with van der Waals surface area (Å²) in [5.74, 6) is -0.163. The number of carbonyl (C=O) groups excluding carboxylic acids is 3. The molecule has 4 rings (SSSR count). The van der Waals surface area contributed by atoms with E-state index in [1.54, 1.807) is 67.5 Å². The van der Waals surface area contributed by atoms with Crippen molar-refractivity contribution in [3.05, 3.63) is 90.0 Å². The average Bonchev–Trinajstić information content (AvgIpc) is 3.19. The minimum absolute atomic E-state index is 0.00162. The van der Waals surface area contributed by atoms with Crippen LogP contribution in [-0.2, 0) is 20.9 Å². The Hall–Kier alpha value is -4.11. The molecular formula is C28H27N3O5S. The van der Waals surface area contributed by atoms with Crippen LogP contribution in [0.3, 0.4) is 0 Å². The summed E-state index contributed by atoms with van der Waals surface area (Å²) in [5.41, 5.74) is 2.59. The number of anilines is 1. The van der Waals surface area contributed by atoms with E-state index < -0.39 is 11.2 Å². The van der Waals surface area contributed by atoms with Crippen LogP contribution in [0.4, 0.5) is 11.4 Å². The maximum atomic E-state index is 13.4. The predicted octanol–water partition coefficient (Wildman–Crippen LogP) is 5.03. The van der Waals surface area contributed by atoms with Crippen molar-refractivity contribution in [1.29, 1.82) is 0 Å². The Morgan fingerprint density at radius 1 is 1.00 bits per heavy atom. The highest BCUT2D eigenvalue weighted by Gasteiger charge is 2.39. The van der Waals surface area contributed by atoms with Gasteiger partial charge in [0.1, 0.15) is 11.0 Å². The summed E-state index contributed by atoms with van der Waals surface area (Å²) in [6, 6.07) is 23.3. The van der Waals surface area contributed by atoms with Crippen LogP contribution in [0.15, 0.2) is 83.9 Å². The molecule has 1 saturated heterocycles. The van der Waals surface area contributed by atoms with Gasteiger partial charge >= 0.3 is 5.97 Å². The van der Waals surface area contributed by atoms with Crippen LogP contribution in [0.5, 0.6) is 5.75 Å². The Morgan fingerprint density at radius 2 is 1.70 bits per heavy atom. The first-order valence-corrected chi connectivity index (χ1v) is 12.7. The van der Waals surface area contributed by atoms with Crippen LogP contribution in [0.25, 0.3) is 0 Å². The number of ether oxygens (including phenoxy) is 2. The molecule has 1 fully saturated rings. The molecule has 0 aliphatic carbocycles. The van der Waals surface area contributed by atoms with E-state index >= 15 is 0 Å². The van der Waals surface area contributed by atoms with E-state index in [0.717, 1.165) is 5.56 Å². The van der Waals surface area contributed by atoms with Crippen LogP contribution >= 0.6 is 11.8 Å². The van der Waals surface area contributed by atoms with E-state index in [1.165, 1.54) is 11.8 Å². The van der Waals surface area contributed by atoms with E-state index in [4.69, 9.17) is 9.47 Å². The number of amidine groups is 1. The van der Waals surface area contributed by atoms with Gasteiger partial charge in [0.2, 0.25) is 11.8 Å². The molecule has 9 heteroatoms. The van der Waals surface area contributed by atoms with Gasteiger partial charge in [0.25, 0.3) is 0 Å². The van der Waals surface area contributed by atoms with Crippen LogP contribution in [0.2, 0.25) is 0 Å². The first-order chi connectivity index (χ1) is 18.0. The second kappa shape index (κ2) is 12.2. The second-order valence-electron chi connectivity index (χ2n) is 8.16. The number of amides is 2. The lowest BCUT2D eigenvalue weighted by molar-refractivity contribution is -0.128. The molecule has 0 radical (unpaired) electrons. The normalized spacial score (nSPS) is 16.1. The van der Waals surface area contributed by atoms with Crippen molar-refractivity contribution in [3.8, 4) is 5.75 Å². The van der Waals surface area contributed by atoms with E-state index in [-0.39, 0.29) is 18.2 Å². The lowest BCUT2D eigenvalue weighted by Gasteiger charge is -2.16. The Labute approximate surface area is 219 Å². The number of aliphatic imine (C=N–C) groups is 1. The van der Waals surface area contributed by atoms with Crippen molar-refractivity contribution in [2.45, 2.75) is 25.1 Å². The number of esters is 1. The third kappa shape index (κ3) is 6.77. The van der Waals surface area contributed by atoms with Crippen molar-refractivity contribution in [3.63, 3.8) is 0 Å². The van der Waals surface area contributed by atoms with Crippen molar-refractivity contribution in [1.82, 2.24) is 4.90 Å².